The third-order valence-electron chi connectivity index (χ3n) is 6.51. The predicted molar refractivity (Wildman–Crippen MR) is 157 cm³/mol. The molecule has 0 fully saturated rings. The summed E-state index contributed by atoms with van der Waals surface area (Å²) >= 11 is 0.0567. The molecule has 5 heteroatoms. The molecule has 2 heterocycles. The van der Waals surface area contributed by atoms with Crippen LogP contribution in [0.25, 0.3) is 11.1 Å². The fourth-order valence-corrected chi connectivity index (χ4v) is 9.50. The molecule has 0 unspecified atom stereocenters. The summed E-state index contributed by atoms with van der Waals surface area (Å²) in [6, 6.07) is 40.3. The van der Waals surface area contributed by atoms with E-state index < -0.39 is 0 Å². The summed E-state index contributed by atoms with van der Waals surface area (Å²) in [7, 11) is 0. The first-order valence-electron chi connectivity index (χ1n) is 12.8. The normalized spacial score (nSPS) is 12.8. The average molecular weight is 616 g/mol. The van der Waals surface area contributed by atoms with E-state index in [-0.39, 0.29) is 37.2 Å². The van der Waals surface area contributed by atoms with E-state index in [2.05, 4.69) is 109 Å². The fraction of sp³-hybridized carbons (Fsp3) is 0.0909. The SMILES string of the molecule is OCCCc1cccc2c1=[As]c1ccccc1N=2.c1ccc(-c2cccc3c2=Nc2ccccc2[As]=3)cc1. The molecule has 3 nitrogen and oxygen atoms in total. The van der Waals surface area contributed by atoms with E-state index in [4.69, 9.17) is 15.1 Å². The van der Waals surface area contributed by atoms with Crippen molar-refractivity contribution in [2.75, 3.05) is 6.61 Å². The molecule has 1 N–H and O–H groups in total. The Labute approximate surface area is 234 Å². The average Bonchev–Trinajstić information content (AvgIpc) is 2.98. The molecule has 7 rings (SSSR count). The van der Waals surface area contributed by atoms with Crippen LogP contribution in [0.3, 0.4) is 0 Å². The number of hydrogen-bond acceptors (Lipinski definition) is 3. The summed E-state index contributed by atoms with van der Waals surface area (Å²) in [6.07, 6.45) is 1.78. The first kappa shape index (κ1) is 25.1. The Morgan fingerprint density at radius 3 is 2.08 bits per heavy atom. The van der Waals surface area contributed by atoms with Crippen LogP contribution in [0.2, 0.25) is 0 Å². The number of rotatable bonds is 4. The molecule has 0 atom stereocenters. The topological polar surface area (TPSA) is 45.0 Å². The fourth-order valence-electron chi connectivity index (χ4n) is 4.66. The molecule has 2 aliphatic rings. The summed E-state index contributed by atoms with van der Waals surface area (Å²) in [6.45, 7) is 0.258. The summed E-state index contributed by atoms with van der Waals surface area (Å²) in [4.78, 5) is 9.65. The third-order valence-corrected chi connectivity index (χ3v) is 11.9. The number of aryl methyl sites for hydroxylation is 1. The van der Waals surface area contributed by atoms with Crippen molar-refractivity contribution in [1.82, 2.24) is 0 Å². The van der Waals surface area contributed by atoms with Gasteiger partial charge in [-0.15, -0.1) is 0 Å². The second kappa shape index (κ2) is 11.7. The first-order valence-corrected chi connectivity index (χ1v) is 16.5. The van der Waals surface area contributed by atoms with Gasteiger partial charge in [-0.25, -0.2) is 0 Å². The number of aliphatic hydroxyl groups excluding tert-OH is 1. The van der Waals surface area contributed by atoms with Gasteiger partial charge in [-0.2, -0.15) is 0 Å². The van der Waals surface area contributed by atoms with Crippen LogP contribution in [-0.4, -0.2) is 42.3 Å². The van der Waals surface area contributed by atoms with Crippen LogP contribution in [0.5, 0.6) is 0 Å². The van der Waals surface area contributed by atoms with Gasteiger partial charge in [0, 0.05) is 0 Å². The number of hydrogen-bond donors (Lipinski definition) is 1. The quantitative estimate of drug-likeness (QED) is 0.298. The summed E-state index contributed by atoms with van der Waals surface area (Å²) < 4.78 is 5.61. The van der Waals surface area contributed by atoms with Crippen LogP contribution >= 0.6 is 0 Å². The third kappa shape index (κ3) is 5.33. The minimum atomic E-state index is 0.0221. The Morgan fingerprint density at radius 2 is 1.29 bits per heavy atom. The van der Waals surface area contributed by atoms with E-state index in [1.807, 2.05) is 6.07 Å². The molecule has 2 aliphatic heterocycles. The van der Waals surface area contributed by atoms with E-state index in [1.165, 1.54) is 33.3 Å². The standard InChI is InChI=1S/C18H12AsN.C15H14AsNO/c1-2-7-13(8-3-1)14-9-6-11-16-18(14)20-17-12-5-4-10-15(17)19-16;18-10-4-6-11-5-3-9-14-15(11)16-12-7-1-2-8-13(12)17-14/h1-12H;1-3,5,7-9,18H,4,6,10H2. The molecule has 38 heavy (non-hydrogen) atoms. The zero-order chi connectivity index (χ0) is 25.7. The molecule has 0 aliphatic carbocycles. The van der Waals surface area contributed by atoms with Crippen molar-refractivity contribution in [1.29, 1.82) is 0 Å². The van der Waals surface area contributed by atoms with E-state index in [0.29, 0.717) is 0 Å². The maximum atomic E-state index is 8.97. The molecule has 0 bridgehead atoms. The molecule has 0 spiro atoms. The zero-order valence-electron chi connectivity index (χ0n) is 20.8. The Balaban J connectivity index is 0.000000140. The molecule has 0 saturated heterocycles. The number of aliphatic hydroxyl groups is 1. The van der Waals surface area contributed by atoms with E-state index in [0.717, 1.165) is 34.9 Å². The molecule has 0 radical (unpaired) electrons. The summed E-state index contributed by atoms with van der Waals surface area (Å²) in [5.74, 6) is 0. The number of para-hydroxylation sites is 3. The molecule has 0 saturated carbocycles. The van der Waals surface area contributed by atoms with Crippen molar-refractivity contribution in [2.24, 2.45) is 9.98 Å². The zero-order valence-corrected chi connectivity index (χ0v) is 24.6. The molecule has 184 valence electrons. The number of fused-ring (bicyclic) bond motifs is 4. The number of benzene rings is 5. The van der Waals surface area contributed by atoms with E-state index >= 15 is 0 Å². The predicted octanol–water partition coefficient (Wildman–Crippen LogP) is 4.06. The van der Waals surface area contributed by atoms with Crippen LogP contribution in [0, 0.1) is 7.90 Å². The van der Waals surface area contributed by atoms with Crippen molar-refractivity contribution in [3.8, 4) is 11.1 Å². The summed E-state index contributed by atoms with van der Waals surface area (Å²) in [5, 5.41) is 11.3. The molecular formula is C33H26As2N2O. The van der Waals surface area contributed by atoms with Gasteiger partial charge in [0.15, 0.2) is 0 Å². The van der Waals surface area contributed by atoms with E-state index in [9.17, 15) is 0 Å². The first-order chi connectivity index (χ1) is 18.8. The van der Waals surface area contributed by atoms with Crippen molar-refractivity contribution in [3.63, 3.8) is 0 Å². The van der Waals surface area contributed by atoms with Crippen LogP contribution in [0.4, 0.5) is 11.4 Å². The Kier molecular flexibility index (Phi) is 7.70. The molecule has 0 aromatic heterocycles. The van der Waals surface area contributed by atoms with Crippen LogP contribution in [0.15, 0.2) is 125 Å². The van der Waals surface area contributed by atoms with Gasteiger partial charge in [0.05, 0.1) is 0 Å². The van der Waals surface area contributed by atoms with Crippen molar-refractivity contribution in [2.45, 2.75) is 12.8 Å². The Morgan fingerprint density at radius 1 is 0.605 bits per heavy atom. The molecule has 5 aromatic rings. The minimum absolute atomic E-state index is 0.0221. The van der Waals surface area contributed by atoms with Gasteiger partial charge in [0.2, 0.25) is 0 Å². The maximum absolute atomic E-state index is 8.97. The van der Waals surface area contributed by atoms with Gasteiger partial charge in [-0.3, -0.25) is 0 Å². The van der Waals surface area contributed by atoms with Gasteiger partial charge in [0.25, 0.3) is 0 Å². The van der Waals surface area contributed by atoms with Crippen molar-refractivity contribution < 1.29 is 5.11 Å². The molecule has 0 amide bonds. The second-order valence-electron chi connectivity index (χ2n) is 9.08. The monoisotopic (exact) mass is 616 g/mol. The molecular weight excluding hydrogens is 590 g/mol. The number of nitrogens with zero attached hydrogens (tertiary/aromatic N) is 2. The van der Waals surface area contributed by atoms with Gasteiger partial charge in [0.1, 0.15) is 0 Å². The second-order valence-corrected chi connectivity index (χ2v) is 14.0. The Hall–Kier alpha value is -3.22. The van der Waals surface area contributed by atoms with Gasteiger partial charge >= 0.3 is 236 Å². The van der Waals surface area contributed by atoms with Crippen LogP contribution in [-0.2, 0) is 6.42 Å². The Bertz CT molecular complexity index is 1870. The van der Waals surface area contributed by atoms with E-state index in [1.54, 1.807) is 0 Å². The van der Waals surface area contributed by atoms with Gasteiger partial charge in [-0.1, -0.05) is 0 Å². The van der Waals surface area contributed by atoms with Crippen molar-refractivity contribution in [3.05, 3.63) is 139 Å². The summed E-state index contributed by atoms with van der Waals surface area (Å²) in [5.41, 5.74) is 6.12. The van der Waals surface area contributed by atoms with Crippen LogP contribution < -0.4 is 19.4 Å². The molecule has 5 aromatic carbocycles. The van der Waals surface area contributed by atoms with Gasteiger partial charge < -0.3 is 0 Å². The van der Waals surface area contributed by atoms with Crippen molar-refractivity contribution >= 4 is 50.7 Å². The van der Waals surface area contributed by atoms with Gasteiger partial charge in [-0.05, 0) is 0 Å². The van der Waals surface area contributed by atoms with Crippen LogP contribution in [0.1, 0.15) is 12.0 Å².